The van der Waals surface area contributed by atoms with Crippen molar-refractivity contribution in [2.45, 2.75) is 63.6 Å². The summed E-state index contributed by atoms with van der Waals surface area (Å²) in [5.74, 6) is 1.05. The van der Waals surface area contributed by atoms with Crippen molar-refractivity contribution < 1.29 is 18.0 Å². The van der Waals surface area contributed by atoms with Gasteiger partial charge in [-0.2, -0.15) is 28.4 Å². The van der Waals surface area contributed by atoms with Crippen LogP contribution in [0.3, 0.4) is 0 Å². The van der Waals surface area contributed by atoms with Crippen molar-refractivity contribution in [1.29, 1.82) is 0 Å². The predicted octanol–water partition coefficient (Wildman–Crippen LogP) is 5.04. The highest BCUT2D eigenvalue weighted by molar-refractivity contribution is 5.91. The van der Waals surface area contributed by atoms with Crippen molar-refractivity contribution in [2.24, 2.45) is 7.05 Å². The van der Waals surface area contributed by atoms with Crippen LogP contribution < -0.4 is 20.4 Å². The maximum atomic E-state index is 14.0. The molecule has 4 aromatic heterocycles. The van der Waals surface area contributed by atoms with Crippen molar-refractivity contribution in [3.05, 3.63) is 90.5 Å². The SMILES string of the molecule is Cn1cc(-c2ccc(N(C(=O)NCc3ccccc3)[C@H]3CC[C@H](Nc4ncc(C(F)(F)F)c(N5CCn6ncnc6C5)n4)CC3)nc2)cn1. The van der Waals surface area contributed by atoms with Gasteiger partial charge in [0, 0.05) is 61.9 Å². The van der Waals surface area contributed by atoms with Crippen molar-refractivity contribution >= 4 is 23.6 Å². The summed E-state index contributed by atoms with van der Waals surface area (Å²) in [6.45, 7) is 1.23. The zero-order chi connectivity index (χ0) is 34.0. The Balaban J connectivity index is 1.06. The van der Waals surface area contributed by atoms with Gasteiger partial charge in [0.25, 0.3) is 0 Å². The van der Waals surface area contributed by atoms with E-state index in [0.29, 0.717) is 57.0 Å². The minimum absolute atomic E-state index is 0.0968. The fourth-order valence-corrected chi connectivity index (χ4v) is 6.37. The Bertz CT molecular complexity index is 1880. The van der Waals surface area contributed by atoms with Crippen LogP contribution in [0.25, 0.3) is 11.1 Å². The number of hydrogen-bond donors (Lipinski definition) is 2. The number of pyridine rings is 1. The second-order valence-electron chi connectivity index (χ2n) is 12.2. The molecule has 254 valence electrons. The van der Waals surface area contributed by atoms with Gasteiger partial charge in [-0.05, 0) is 43.4 Å². The van der Waals surface area contributed by atoms with E-state index in [1.807, 2.05) is 55.7 Å². The average Bonchev–Trinajstić information content (AvgIpc) is 3.77. The number of aryl methyl sites for hydroxylation is 1. The first kappa shape index (κ1) is 32.0. The molecule has 1 aliphatic heterocycles. The fourth-order valence-electron chi connectivity index (χ4n) is 6.37. The number of carbonyl (C=O) groups is 1. The summed E-state index contributed by atoms with van der Waals surface area (Å²) in [6, 6.07) is 12.9. The number of nitrogens with one attached hydrogen (secondary N) is 2. The van der Waals surface area contributed by atoms with E-state index in [4.69, 9.17) is 0 Å². The summed E-state index contributed by atoms with van der Waals surface area (Å²) in [4.78, 5) is 34.3. The number of urea groups is 1. The Morgan fingerprint density at radius 2 is 1.76 bits per heavy atom. The van der Waals surface area contributed by atoms with Gasteiger partial charge >= 0.3 is 12.2 Å². The number of alkyl halides is 3. The highest BCUT2D eigenvalue weighted by atomic mass is 19.4. The van der Waals surface area contributed by atoms with Crippen LogP contribution >= 0.6 is 0 Å². The molecule has 2 N–H and O–H groups in total. The second kappa shape index (κ2) is 13.5. The van der Waals surface area contributed by atoms with E-state index in [-0.39, 0.29) is 36.4 Å². The number of nitrogens with zero attached hydrogens (tertiary/aromatic N) is 10. The van der Waals surface area contributed by atoms with Crippen molar-refractivity contribution in [1.82, 2.24) is 44.8 Å². The molecule has 13 nitrogen and oxygen atoms in total. The van der Waals surface area contributed by atoms with Crippen molar-refractivity contribution in [3.63, 3.8) is 0 Å². The van der Waals surface area contributed by atoms with Crippen molar-refractivity contribution in [2.75, 3.05) is 21.7 Å². The first-order chi connectivity index (χ1) is 23.7. The molecule has 0 saturated heterocycles. The standard InChI is InChI=1S/C33H35F3N12O/c1-45-19-24(17-41-45)23-7-12-28(37-16-23)48(32(49)39-15-22-5-3-2-4-6-22)26-10-8-25(9-11-26)43-31-38-18-27(33(34,35)36)30(44-31)46-13-14-47-29(20-46)40-21-42-47/h2-7,12,16-19,21,25-26H,8-11,13-15,20H2,1H3,(H,39,49)(H,38,43,44)/t25-,26-. The Kier molecular flexibility index (Phi) is 8.84. The van der Waals surface area contributed by atoms with E-state index in [0.717, 1.165) is 22.9 Å². The Hall–Kier alpha value is -5.54. The van der Waals surface area contributed by atoms with Crippen LogP contribution in [0.5, 0.6) is 0 Å². The van der Waals surface area contributed by atoms with Gasteiger partial charge in [0.15, 0.2) is 0 Å². The largest absolute Gasteiger partial charge is 0.421 e. The summed E-state index contributed by atoms with van der Waals surface area (Å²) in [7, 11) is 1.85. The molecule has 0 radical (unpaired) electrons. The average molecular weight is 673 g/mol. The minimum atomic E-state index is -4.62. The summed E-state index contributed by atoms with van der Waals surface area (Å²) >= 11 is 0. The lowest BCUT2D eigenvalue weighted by Gasteiger charge is -2.36. The molecule has 1 aromatic carbocycles. The van der Waals surface area contributed by atoms with Gasteiger partial charge in [-0.1, -0.05) is 30.3 Å². The Labute approximate surface area is 280 Å². The van der Waals surface area contributed by atoms with Crippen LogP contribution in [-0.4, -0.2) is 64.2 Å². The van der Waals surface area contributed by atoms with E-state index in [2.05, 4.69) is 40.8 Å². The first-order valence-corrected chi connectivity index (χ1v) is 16.1. The van der Waals surface area contributed by atoms with Crippen LogP contribution in [0.4, 0.5) is 35.5 Å². The fraction of sp³-hybridized carbons (Fsp3) is 0.364. The third kappa shape index (κ3) is 7.17. The number of hydrogen-bond acceptors (Lipinski definition) is 9. The number of aromatic nitrogens is 8. The third-order valence-corrected chi connectivity index (χ3v) is 8.92. The molecule has 0 atom stereocenters. The van der Waals surface area contributed by atoms with E-state index in [1.54, 1.807) is 31.6 Å². The first-order valence-electron chi connectivity index (χ1n) is 16.1. The van der Waals surface area contributed by atoms with Gasteiger partial charge in [0.05, 0.1) is 19.3 Å². The summed E-state index contributed by atoms with van der Waals surface area (Å²) in [5.41, 5.74) is 1.89. The van der Waals surface area contributed by atoms with Gasteiger partial charge in [0.1, 0.15) is 29.4 Å². The van der Waals surface area contributed by atoms with Gasteiger partial charge in [-0.25, -0.2) is 24.4 Å². The highest BCUT2D eigenvalue weighted by Gasteiger charge is 2.38. The molecule has 16 heteroatoms. The molecule has 5 heterocycles. The molecule has 7 rings (SSSR count). The minimum Gasteiger partial charge on any atom is -0.351 e. The predicted molar refractivity (Wildman–Crippen MR) is 175 cm³/mol. The molecule has 5 aromatic rings. The summed E-state index contributed by atoms with van der Waals surface area (Å²) in [5, 5.41) is 14.7. The number of anilines is 3. The molecule has 49 heavy (non-hydrogen) atoms. The van der Waals surface area contributed by atoms with E-state index in [9.17, 15) is 18.0 Å². The maximum Gasteiger partial charge on any atom is 0.421 e. The third-order valence-electron chi connectivity index (χ3n) is 8.92. The van der Waals surface area contributed by atoms with Crippen LogP contribution in [0, 0.1) is 0 Å². The number of carbonyl (C=O) groups excluding carboxylic acids is 1. The number of rotatable bonds is 8. The molecular weight excluding hydrogens is 637 g/mol. The maximum absolute atomic E-state index is 14.0. The molecule has 1 aliphatic carbocycles. The van der Waals surface area contributed by atoms with Crippen LogP contribution in [0.1, 0.15) is 42.6 Å². The Morgan fingerprint density at radius 1 is 0.939 bits per heavy atom. The lowest BCUT2D eigenvalue weighted by molar-refractivity contribution is -0.137. The normalized spacial score (nSPS) is 17.8. The Morgan fingerprint density at radius 3 is 2.47 bits per heavy atom. The van der Waals surface area contributed by atoms with E-state index < -0.39 is 11.7 Å². The van der Waals surface area contributed by atoms with E-state index >= 15 is 0 Å². The highest BCUT2D eigenvalue weighted by Crippen LogP contribution is 2.37. The smallest absolute Gasteiger partial charge is 0.351 e. The quantitative estimate of drug-likeness (QED) is 0.233. The van der Waals surface area contributed by atoms with Crippen LogP contribution in [-0.2, 0) is 32.9 Å². The molecular formula is C33H35F3N12O. The molecule has 2 aliphatic rings. The van der Waals surface area contributed by atoms with Gasteiger partial charge in [-0.3, -0.25) is 9.58 Å². The van der Waals surface area contributed by atoms with Gasteiger partial charge < -0.3 is 15.5 Å². The molecule has 1 saturated carbocycles. The lowest BCUT2D eigenvalue weighted by atomic mass is 9.90. The van der Waals surface area contributed by atoms with Gasteiger partial charge in [-0.15, -0.1) is 0 Å². The van der Waals surface area contributed by atoms with E-state index in [1.165, 1.54) is 6.33 Å². The zero-order valence-corrected chi connectivity index (χ0v) is 26.8. The van der Waals surface area contributed by atoms with Crippen LogP contribution in [0.15, 0.2) is 73.6 Å². The van der Waals surface area contributed by atoms with Crippen LogP contribution in [0.2, 0.25) is 0 Å². The summed E-state index contributed by atoms with van der Waals surface area (Å²) in [6.07, 6.45) is 5.59. The molecule has 0 spiro atoms. The monoisotopic (exact) mass is 672 g/mol. The lowest BCUT2D eigenvalue weighted by Crippen LogP contribution is -2.49. The zero-order valence-electron chi connectivity index (χ0n) is 26.8. The molecule has 0 unspecified atom stereocenters. The number of amides is 2. The summed E-state index contributed by atoms with van der Waals surface area (Å²) < 4.78 is 45.4. The number of halogens is 3. The molecule has 0 bridgehead atoms. The number of benzene rings is 1. The van der Waals surface area contributed by atoms with Gasteiger partial charge in [0.2, 0.25) is 5.95 Å². The van der Waals surface area contributed by atoms with Crippen molar-refractivity contribution in [3.8, 4) is 11.1 Å². The second-order valence-corrected chi connectivity index (χ2v) is 12.2. The topological polar surface area (TPSA) is 135 Å². The number of fused-ring (bicyclic) bond motifs is 1. The molecule has 2 amide bonds. The molecule has 1 fully saturated rings.